The SMILES string of the molecule is CCNC(=O)c1ccc2cc(/C(=N\O)c3ccc4c(c3)C(C)(C)CCC4(C)C)ccc2c1. The number of fused-ring (bicyclic) bond motifs is 2. The predicted molar refractivity (Wildman–Crippen MR) is 131 cm³/mol. The van der Waals surface area contributed by atoms with E-state index in [0.29, 0.717) is 17.8 Å². The van der Waals surface area contributed by atoms with Gasteiger partial charge in [-0.15, -0.1) is 0 Å². The molecular formula is C28H32N2O2. The lowest BCUT2D eigenvalue weighted by Gasteiger charge is -2.42. The summed E-state index contributed by atoms with van der Waals surface area (Å²) in [6.07, 6.45) is 2.29. The van der Waals surface area contributed by atoms with E-state index in [2.05, 4.69) is 56.4 Å². The van der Waals surface area contributed by atoms with E-state index in [4.69, 9.17) is 0 Å². The summed E-state index contributed by atoms with van der Waals surface area (Å²) < 4.78 is 0. The van der Waals surface area contributed by atoms with Crippen molar-refractivity contribution < 1.29 is 10.0 Å². The minimum Gasteiger partial charge on any atom is -0.410 e. The summed E-state index contributed by atoms with van der Waals surface area (Å²) in [7, 11) is 0. The van der Waals surface area contributed by atoms with Gasteiger partial charge < -0.3 is 10.5 Å². The van der Waals surface area contributed by atoms with Crippen molar-refractivity contribution >= 4 is 22.4 Å². The monoisotopic (exact) mass is 428 g/mol. The van der Waals surface area contributed by atoms with Crippen LogP contribution >= 0.6 is 0 Å². The molecule has 0 heterocycles. The highest BCUT2D eigenvalue weighted by atomic mass is 16.4. The number of oxime groups is 1. The van der Waals surface area contributed by atoms with Crippen LogP contribution in [0.4, 0.5) is 0 Å². The Morgan fingerprint density at radius 1 is 0.844 bits per heavy atom. The highest BCUT2D eigenvalue weighted by Crippen LogP contribution is 2.46. The Morgan fingerprint density at radius 3 is 2.00 bits per heavy atom. The number of carbonyl (C=O) groups is 1. The normalized spacial score (nSPS) is 17.1. The van der Waals surface area contributed by atoms with Gasteiger partial charge in [0.25, 0.3) is 5.91 Å². The van der Waals surface area contributed by atoms with Gasteiger partial charge in [-0.3, -0.25) is 4.79 Å². The summed E-state index contributed by atoms with van der Waals surface area (Å²) in [5.74, 6) is -0.0734. The fraction of sp³-hybridized carbons (Fsp3) is 0.357. The van der Waals surface area contributed by atoms with Gasteiger partial charge in [-0.25, -0.2) is 0 Å². The molecule has 0 bridgehead atoms. The average molecular weight is 429 g/mol. The van der Waals surface area contributed by atoms with Gasteiger partial charge in [0.15, 0.2) is 0 Å². The van der Waals surface area contributed by atoms with E-state index >= 15 is 0 Å². The highest BCUT2D eigenvalue weighted by Gasteiger charge is 2.37. The number of nitrogens with one attached hydrogen (secondary N) is 1. The van der Waals surface area contributed by atoms with Gasteiger partial charge in [-0.05, 0) is 76.8 Å². The van der Waals surface area contributed by atoms with Crippen LogP contribution in [0.25, 0.3) is 10.8 Å². The third kappa shape index (κ3) is 3.90. The first-order valence-corrected chi connectivity index (χ1v) is 11.4. The van der Waals surface area contributed by atoms with Crippen LogP contribution in [0.3, 0.4) is 0 Å². The Bertz CT molecular complexity index is 1220. The summed E-state index contributed by atoms with van der Waals surface area (Å²) in [4.78, 5) is 12.1. The molecule has 0 unspecified atom stereocenters. The van der Waals surface area contributed by atoms with Gasteiger partial charge in [0, 0.05) is 23.2 Å². The van der Waals surface area contributed by atoms with E-state index in [1.807, 2.05) is 43.3 Å². The van der Waals surface area contributed by atoms with Crippen molar-refractivity contribution in [2.75, 3.05) is 6.54 Å². The Labute approximate surface area is 190 Å². The molecule has 0 saturated carbocycles. The standard InChI is InChI=1S/C28H32N2O2/c1-6-29-26(31)22-10-8-18-15-20(9-7-19(18)16-22)25(30-32)21-11-12-23-24(17-21)28(4,5)14-13-27(23,2)3/h7-12,15-17,32H,6,13-14H2,1-5H3,(H,29,31)/b30-25+. The quantitative estimate of drug-likeness (QED) is 0.297. The van der Waals surface area contributed by atoms with Crippen molar-refractivity contribution in [1.82, 2.24) is 5.32 Å². The molecule has 0 saturated heterocycles. The van der Waals surface area contributed by atoms with Crippen LogP contribution in [0.15, 0.2) is 59.8 Å². The third-order valence-electron chi connectivity index (χ3n) is 6.94. The zero-order valence-corrected chi connectivity index (χ0v) is 19.6. The maximum atomic E-state index is 12.1. The molecule has 0 fully saturated rings. The maximum absolute atomic E-state index is 12.1. The second-order valence-electron chi connectivity index (χ2n) is 10.1. The van der Waals surface area contributed by atoms with Crippen LogP contribution in [-0.4, -0.2) is 23.4 Å². The molecule has 166 valence electrons. The Hall–Kier alpha value is -3.14. The minimum atomic E-state index is -0.0734. The van der Waals surface area contributed by atoms with Crippen molar-refractivity contribution in [3.8, 4) is 0 Å². The van der Waals surface area contributed by atoms with E-state index in [1.54, 1.807) is 0 Å². The van der Waals surface area contributed by atoms with Crippen molar-refractivity contribution in [2.45, 2.75) is 58.3 Å². The number of rotatable bonds is 4. The lowest BCUT2D eigenvalue weighted by molar-refractivity contribution is 0.0956. The zero-order chi connectivity index (χ0) is 23.1. The van der Waals surface area contributed by atoms with E-state index in [9.17, 15) is 10.0 Å². The molecule has 0 spiro atoms. The van der Waals surface area contributed by atoms with Crippen molar-refractivity contribution in [3.63, 3.8) is 0 Å². The first kappa shape index (κ1) is 22.1. The van der Waals surface area contributed by atoms with Gasteiger partial charge >= 0.3 is 0 Å². The van der Waals surface area contributed by atoms with Gasteiger partial charge in [0.2, 0.25) is 0 Å². The number of benzene rings is 3. The van der Waals surface area contributed by atoms with E-state index in [0.717, 1.165) is 34.7 Å². The molecule has 0 atom stereocenters. The molecule has 0 radical (unpaired) electrons. The van der Waals surface area contributed by atoms with Crippen LogP contribution in [0.5, 0.6) is 0 Å². The number of hydrogen-bond acceptors (Lipinski definition) is 3. The Morgan fingerprint density at radius 2 is 1.38 bits per heavy atom. The molecular weight excluding hydrogens is 396 g/mol. The second-order valence-corrected chi connectivity index (χ2v) is 10.1. The molecule has 1 aliphatic rings. The van der Waals surface area contributed by atoms with Crippen LogP contribution < -0.4 is 5.32 Å². The highest BCUT2D eigenvalue weighted by molar-refractivity contribution is 6.14. The van der Waals surface area contributed by atoms with Crippen LogP contribution in [-0.2, 0) is 10.8 Å². The molecule has 4 heteroatoms. The fourth-order valence-corrected chi connectivity index (χ4v) is 4.82. The third-order valence-corrected chi connectivity index (χ3v) is 6.94. The average Bonchev–Trinajstić information content (AvgIpc) is 2.77. The van der Waals surface area contributed by atoms with E-state index < -0.39 is 0 Å². The molecule has 32 heavy (non-hydrogen) atoms. The summed E-state index contributed by atoms with van der Waals surface area (Å²) in [6, 6.07) is 18.1. The molecule has 1 aliphatic carbocycles. The van der Waals surface area contributed by atoms with Crippen molar-refractivity contribution in [1.29, 1.82) is 0 Å². The molecule has 1 amide bonds. The second kappa shape index (κ2) is 8.09. The first-order chi connectivity index (χ1) is 15.2. The topological polar surface area (TPSA) is 61.7 Å². The fourth-order valence-electron chi connectivity index (χ4n) is 4.82. The van der Waals surface area contributed by atoms with Gasteiger partial charge in [-0.2, -0.15) is 0 Å². The van der Waals surface area contributed by atoms with Gasteiger partial charge in [0.1, 0.15) is 5.71 Å². The molecule has 0 aliphatic heterocycles. The number of hydrogen-bond donors (Lipinski definition) is 2. The summed E-state index contributed by atoms with van der Waals surface area (Å²) in [5.41, 5.74) is 5.90. The number of nitrogens with zero attached hydrogens (tertiary/aromatic N) is 1. The maximum Gasteiger partial charge on any atom is 0.251 e. The summed E-state index contributed by atoms with van der Waals surface area (Å²) >= 11 is 0. The lowest BCUT2D eigenvalue weighted by Crippen LogP contribution is -2.34. The predicted octanol–water partition coefficient (Wildman–Crippen LogP) is 6.17. The zero-order valence-electron chi connectivity index (χ0n) is 19.6. The van der Waals surface area contributed by atoms with Crippen LogP contribution in [0, 0.1) is 0 Å². The summed E-state index contributed by atoms with van der Waals surface area (Å²) in [5, 5.41) is 18.4. The smallest absolute Gasteiger partial charge is 0.251 e. The summed E-state index contributed by atoms with van der Waals surface area (Å²) in [6.45, 7) is 11.7. The Kier molecular flexibility index (Phi) is 5.58. The van der Waals surface area contributed by atoms with Crippen molar-refractivity contribution in [2.24, 2.45) is 5.16 Å². The minimum absolute atomic E-state index is 0.0734. The lowest BCUT2D eigenvalue weighted by atomic mass is 9.63. The molecule has 4 rings (SSSR count). The van der Waals surface area contributed by atoms with E-state index in [1.165, 1.54) is 11.1 Å². The van der Waals surface area contributed by atoms with Gasteiger partial charge in [-0.1, -0.05) is 63.2 Å². The van der Waals surface area contributed by atoms with Gasteiger partial charge in [0.05, 0.1) is 0 Å². The Balaban J connectivity index is 1.74. The molecule has 3 aromatic rings. The van der Waals surface area contributed by atoms with E-state index in [-0.39, 0.29) is 16.7 Å². The largest absolute Gasteiger partial charge is 0.410 e. The number of amides is 1. The number of carbonyl (C=O) groups excluding carboxylic acids is 1. The van der Waals surface area contributed by atoms with Crippen LogP contribution in [0.1, 0.15) is 80.1 Å². The molecule has 2 N–H and O–H groups in total. The van der Waals surface area contributed by atoms with Crippen LogP contribution in [0.2, 0.25) is 0 Å². The first-order valence-electron chi connectivity index (χ1n) is 11.4. The molecule has 3 aromatic carbocycles. The van der Waals surface area contributed by atoms with Crippen molar-refractivity contribution in [3.05, 3.63) is 82.4 Å². The molecule has 4 nitrogen and oxygen atoms in total. The molecule has 0 aromatic heterocycles.